The van der Waals surface area contributed by atoms with Gasteiger partial charge in [0.1, 0.15) is 5.75 Å². The lowest BCUT2D eigenvalue weighted by molar-refractivity contribution is -0.122. The Morgan fingerprint density at radius 3 is 2.57 bits per heavy atom. The van der Waals surface area contributed by atoms with Crippen LogP contribution in [0, 0.1) is 13.8 Å². The number of hydrogen-bond acceptors (Lipinski definition) is 6. The fourth-order valence-electron chi connectivity index (χ4n) is 2.12. The van der Waals surface area contributed by atoms with Crippen molar-refractivity contribution in [2.75, 3.05) is 11.1 Å². The van der Waals surface area contributed by atoms with Gasteiger partial charge in [0.05, 0.1) is 0 Å². The zero-order valence-corrected chi connectivity index (χ0v) is 15.4. The molecule has 0 aliphatic heterocycles. The van der Waals surface area contributed by atoms with Crippen LogP contribution in [0.2, 0.25) is 0 Å². The molecule has 0 fully saturated rings. The number of aryl methyl sites for hydroxylation is 2. The lowest BCUT2D eigenvalue weighted by atomic mass is 10.1. The van der Waals surface area contributed by atoms with Gasteiger partial charge < -0.3 is 4.74 Å². The first-order valence-electron chi connectivity index (χ1n) is 7.54. The fraction of sp³-hybridized carbons (Fsp3) is 0.438. The van der Waals surface area contributed by atoms with Crippen LogP contribution in [0.4, 0.5) is 5.13 Å². The first-order valence-corrected chi connectivity index (χ1v) is 9.34. The number of nitrogens with zero attached hydrogens (tertiary/aromatic N) is 2. The van der Waals surface area contributed by atoms with Crippen molar-refractivity contribution in [1.29, 1.82) is 0 Å². The second-order valence-corrected chi connectivity index (χ2v) is 7.62. The Kier molecular flexibility index (Phi) is 6.41. The Morgan fingerprint density at radius 2 is 1.96 bits per heavy atom. The van der Waals surface area contributed by atoms with Crippen molar-refractivity contribution < 1.29 is 9.53 Å². The zero-order valence-electron chi connectivity index (χ0n) is 13.8. The Morgan fingerprint density at radius 1 is 1.26 bits per heavy atom. The van der Waals surface area contributed by atoms with Gasteiger partial charge in [0, 0.05) is 0 Å². The molecule has 0 bridgehead atoms. The average molecular weight is 351 g/mol. The molecule has 1 heterocycles. The first-order chi connectivity index (χ1) is 11.0. The van der Waals surface area contributed by atoms with E-state index in [-0.39, 0.29) is 5.91 Å². The van der Waals surface area contributed by atoms with E-state index in [9.17, 15) is 4.79 Å². The van der Waals surface area contributed by atoms with Gasteiger partial charge in [-0.15, -0.1) is 10.2 Å². The summed E-state index contributed by atoms with van der Waals surface area (Å²) in [5, 5.41) is 11.3. The highest BCUT2D eigenvalue weighted by atomic mass is 32.2. The van der Waals surface area contributed by atoms with Crippen LogP contribution >= 0.6 is 23.1 Å². The fourth-order valence-corrected chi connectivity index (χ4v) is 3.77. The summed E-state index contributed by atoms with van der Waals surface area (Å²) in [6.45, 7) is 7.99. The maximum atomic E-state index is 12.4. The molecule has 1 amide bonds. The Labute approximate surface area is 144 Å². The largest absolute Gasteiger partial charge is 0.481 e. The van der Waals surface area contributed by atoms with Crippen LogP contribution in [0.25, 0.3) is 0 Å². The van der Waals surface area contributed by atoms with Crippen molar-refractivity contribution in [3.63, 3.8) is 0 Å². The van der Waals surface area contributed by atoms with Crippen molar-refractivity contribution in [2.24, 2.45) is 0 Å². The number of amides is 1. The lowest BCUT2D eigenvalue weighted by Crippen LogP contribution is -2.32. The van der Waals surface area contributed by atoms with Gasteiger partial charge in [-0.05, 0) is 49.3 Å². The van der Waals surface area contributed by atoms with Crippen molar-refractivity contribution in [1.82, 2.24) is 10.2 Å². The number of ether oxygens (including phenoxy) is 1. The summed E-state index contributed by atoms with van der Waals surface area (Å²) in [5.74, 6) is 1.44. The molecule has 2 rings (SSSR count). The highest BCUT2D eigenvalue weighted by molar-refractivity contribution is 8.01. The summed E-state index contributed by atoms with van der Waals surface area (Å²) in [5.41, 5.74) is 2.22. The van der Waals surface area contributed by atoms with E-state index in [2.05, 4.69) is 28.5 Å². The third-order valence-electron chi connectivity index (χ3n) is 3.04. The van der Waals surface area contributed by atoms with Gasteiger partial charge in [0.2, 0.25) is 5.13 Å². The third-order valence-corrected chi connectivity index (χ3v) is 4.90. The zero-order chi connectivity index (χ0) is 16.8. The molecule has 7 heteroatoms. The van der Waals surface area contributed by atoms with Crippen molar-refractivity contribution >= 4 is 34.1 Å². The van der Waals surface area contributed by atoms with Gasteiger partial charge in [0.25, 0.3) is 5.91 Å². The van der Waals surface area contributed by atoms with Gasteiger partial charge in [-0.2, -0.15) is 0 Å². The van der Waals surface area contributed by atoms with E-state index in [1.54, 1.807) is 11.8 Å². The Balaban J connectivity index is 2.02. The molecule has 0 aliphatic rings. The molecule has 0 saturated heterocycles. The maximum absolute atomic E-state index is 12.4. The second-order valence-electron chi connectivity index (χ2n) is 5.13. The Hall–Kier alpha value is -1.60. The van der Waals surface area contributed by atoms with Gasteiger partial charge in [-0.1, -0.05) is 43.0 Å². The second kappa shape index (κ2) is 8.31. The molecule has 5 nitrogen and oxygen atoms in total. The summed E-state index contributed by atoms with van der Waals surface area (Å²) in [6.07, 6.45) is 0.0242. The third kappa shape index (κ3) is 5.21. The van der Waals surface area contributed by atoms with E-state index in [0.717, 1.165) is 21.2 Å². The van der Waals surface area contributed by atoms with Crippen LogP contribution in [0.1, 0.15) is 31.4 Å². The molecule has 1 N–H and O–H groups in total. The Bertz CT molecular complexity index is 653. The number of carbonyl (C=O) groups is 1. The smallest absolute Gasteiger partial charge is 0.267 e. The predicted octanol–water partition coefficient (Wildman–Crippen LogP) is 4.06. The van der Waals surface area contributed by atoms with Crippen LogP contribution in [0.5, 0.6) is 5.75 Å². The summed E-state index contributed by atoms with van der Waals surface area (Å²) >= 11 is 2.98. The maximum Gasteiger partial charge on any atom is 0.267 e. The summed E-state index contributed by atoms with van der Waals surface area (Å²) in [7, 11) is 0. The normalized spacial score (nSPS) is 12.0. The quantitative estimate of drug-likeness (QED) is 0.602. The van der Waals surface area contributed by atoms with Gasteiger partial charge in [-0.25, -0.2) is 0 Å². The molecule has 23 heavy (non-hydrogen) atoms. The minimum atomic E-state index is -0.553. The van der Waals surface area contributed by atoms with Crippen LogP contribution in [-0.2, 0) is 4.79 Å². The van der Waals surface area contributed by atoms with Gasteiger partial charge >= 0.3 is 0 Å². The molecule has 0 unspecified atom stereocenters. The molecule has 0 aliphatic carbocycles. The molecule has 1 atom stereocenters. The number of aromatic nitrogens is 2. The molecular weight excluding hydrogens is 330 g/mol. The molecular formula is C16H21N3O2S2. The molecule has 2 aromatic rings. The molecule has 1 aromatic heterocycles. The number of nitrogens with one attached hydrogen (secondary N) is 1. The summed E-state index contributed by atoms with van der Waals surface area (Å²) in [6, 6.07) is 5.94. The first kappa shape index (κ1) is 17.7. The minimum Gasteiger partial charge on any atom is -0.481 e. The van der Waals surface area contributed by atoms with E-state index in [0.29, 0.717) is 17.3 Å². The number of benzene rings is 1. The molecule has 0 radical (unpaired) electrons. The number of carbonyl (C=O) groups excluding carboxylic acids is 1. The number of anilines is 1. The average Bonchev–Trinajstić information content (AvgIpc) is 2.91. The monoisotopic (exact) mass is 351 g/mol. The van der Waals surface area contributed by atoms with E-state index >= 15 is 0 Å². The van der Waals surface area contributed by atoms with Crippen molar-refractivity contribution in [3.8, 4) is 5.75 Å². The van der Waals surface area contributed by atoms with Crippen LogP contribution in [0.3, 0.4) is 0 Å². The number of hydrogen-bond donors (Lipinski definition) is 1. The molecule has 1 aromatic carbocycles. The lowest BCUT2D eigenvalue weighted by Gasteiger charge is -2.17. The highest BCUT2D eigenvalue weighted by Gasteiger charge is 2.20. The number of rotatable bonds is 7. The van der Waals surface area contributed by atoms with Crippen molar-refractivity contribution in [3.05, 3.63) is 29.3 Å². The van der Waals surface area contributed by atoms with E-state index in [1.165, 1.54) is 11.3 Å². The summed E-state index contributed by atoms with van der Waals surface area (Å²) in [4.78, 5) is 12.4. The van der Waals surface area contributed by atoms with Crippen LogP contribution in [-0.4, -0.2) is 28.0 Å². The van der Waals surface area contributed by atoms with E-state index in [1.807, 2.05) is 32.9 Å². The summed E-state index contributed by atoms with van der Waals surface area (Å²) < 4.78 is 6.71. The predicted molar refractivity (Wildman–Crippen MR) is 95.6 cm³/mol. The van der Waals surface area contributed by atoms with E-state index in [4.69, 9.17) is 4.74 Å². The molecule has 0 spiro atoms. The number of thioether (sulfide) groups is 1. The highest BCUT2D eigenvalue weighted by Crippen LogP contribution is 2.25. The molecule has 124 valence electrons. The standard InChI is InChI=1S/C16H21N3O2S2/c1-5-13(21-12-8-10(3)7-11(4)9-12)14(20)17-15-18-19-16(23-15)22-6-2/h7-9,13H,5-6H2,1-4H3,(H,17,18,20)/t13-/m1/s1. The topological polar surface area (TPSA) is 64.1 Å². The van der Waals surface area contributed by atoms with Crippen LogP contribution in [0.15, 0.2) is 22.5 Å². The van der Waals surface area contributed by atoms with E-state index < -0.39 is 6.10 Å². The van der Waals surface area contributed by atoms with Crippen molar-refractivity contribution in [2.45, 2.75) is 44.6 Å². The van der Waals surface area contributed by atoms with Gasteiger partial charge in [-0.3, -0.25) is 10.1 Å². The molecule has 0 saturated carbocycles. The minimum absolute atomic E-state index is 0.198. The van der Waals surface area contributed by atoms with Crippen LogP contribution < -0.4 is 10.1 Å². The van der Waals surface area contributed by atoms with Gasteiger partial charge in [0.15, 0.2) is 10.4 Å². The SMILES string of the molecule is CCSc1nnc(NC(=O)[C@@H](CC)Oc2cc(C)cc(C)c2)s1.